The Morgan fingerprint density at radius 2 is 2.25 bits per heavy atom. The van der Waals surface area contributed by atoms with Gasteiger partial charge in [0.05, 0.1) is 18.6 Å². The number of carbonyl (C=O) groups excluding carboxylic acids is 1. The van der Waals surface area contributed by atoms with Gasteiger partial charge < -0.3 is 15.0 Å². The molecule has 1 aromatic rings. The Balaban J connectivity index is 2.45. The van der Waals surface area contributed by atoms with E-state index in [4.69, 9.17) is 5.11 Å². The van der Waals surface area contributed by atoms with E-state index in [1.54, 1.807) is 17.1 Å². The van der Waals surface area contributed by atoms with E-state index >= 15 is 0 Å². The molecule has 0 radical (unpaired) electrons. The summed E-state index contributed by atoms with van der Waals surface area (Å²) in [6.45, 7) is 6.24. The van der Waals surface area contributed by atoms with Crippen LogP contribution in [-0.4, -0.2) is 26.6 Å². The molecule has 0 aliphatic rings. The van der Waals surface area contributed by atoms with Gasteiger partial charge in [0, 0.05) is 12.2 Å². The fourth-order valence-electron chi connectivity index (χ4n) is 1.21. The lowest BCUT2D eigenvalue weighted by molar-refractivity contribution is -0.122. The quantitative estimate of drug-likeness (QED) is 0.768. The standard InChI is InChI=1S/C11H19N3O2/c1-8(2)9(3)13-11(16)5-14-4-10(6-15)12-7-14/h4,7-9,15H,5-6H2,1-3H3,(H,13,16). The third kappa shape index (κ3) is 3.66. The fourth-order valence-corrected chi connectivity index (χ4v) is 1.21. The zero-order valence-electron chi connectivity index (χ0n) is 9.97. The van der Waals surface area contributed by atoms with Crippen LogP contribution in [0.5, 0.6) is 0 Å². The molecular weight excluding hydrogens is 206 g/mol. The number of hydrogen-bond acceptors (Lipinski definition) is 3. The fraction of sp³-hybridized carbons (Fsp3) is 0.636. The van der Waals surface area contributed by atoms with Gasteiger partial charge in [-0.2, -0.15) is 0 Å². The molecule has 0 fully saturated rings. The number of aromatic nitrogens is 2. The Hall–Kier alpha value is -1.36. The number of amides is 1. The number of imidazole rings is 1. The van der Waals surface area contributed by atoms with Gasteiger partial charge in [0.25, 0.3) is 0 Å². The number of hydrogen-bond donors (Lipinski definition) is 2. The second kappa shape index (κ2) is 5.65. The Morgan fingerprint density at radius 1 is 1.56 bits per heavy atom. The molecule has 1 rings (SSSR count). The predicted molar refractivity (Wildman–Crippen MR) is 60.6 cm³/mol. The molecule has 1 aromatic heterocycles. The number of rotatable bonds is 5. The highest BCUT2D eigenvalue weighted by atomic mass is 16.3. The van der Waals surface area contributed by atoms with Crippen LogP contribution in [0.15, 0.2) is 12.5 Å². The molecule has 1 heterocycles. The molecule has 16 heavy (non-hydrogen) atoms. The second-order valence-electron chi connectivity index (χ2n) is 4.30. The van der Waals surface area contributed by atoms with Gasteiger partial charge in [0.2, 0.25) is 5.91 Å². The maximum Gasteiger partial charge on any atom is 0.240 e. The van der Waals surface area contributed by atoms with Crippen molar-refractivity contribution in [3.63, 3.8) is 0 Å². The highest BCUT2D eigenvalue weighted by molar-refractivity contribution is 5.76. The van der Waals surface area contributed by atoms with Crippen LogP contribution in [0, 0.1) is 5.92 Å². The summed E-state index contributed by atoms with van der Waals surface area (Å²) in [7, 11) is 0. The number of aliphatic hydroxyl groups is 1. The molecule has 0 spiro atoms. The van der Waals surface area contributed by atoms with Gasteiger partial charge in [0.15, 0.2) is 0 Å². The molecule has 1 amide bonds. The lowest BCUT2D eigenvalue weighted by atomic mass is 10.1. The summed E-state index contributed by atoms with van der Waals surface area (Å²) in [4.78, 5) is 15.5. The zero-order valence-corrected chi connectivity index (χ0v) is 9.97. The van der Waals surface area contributed by atoms with Crippen molar-refractivity contribution < 1.29 is 9.90 Å². The van der Waals surface area contributed by atoms with E-state index in [0.717, 1.165) is 0 Å². The van der Waals surface area contributed by atoms with Gasteiger partial charge in [0.1, 0.15) is 6.54 Å². The molecule has 5 heteroatoms. The van der Waals surface area contributed by atoms with E-state index in [0.29, 0.717) is 11.6 Å². The average molecular weight is 225 g/mol. The molecule has 0 saturated heterocycles. The second-order valence-corrected chi connectivity index (χ2v) is 4.30. The van der Waals surface area contributed by atoms with Crippen LogP contribution < -0.4 is 5.32 Å². The summed E-state index contributed by atoms with van der Waals surface area (Å²) in [5.74, 6) is 0.378. The van der Waals surface area contributed by atoms with Crippen molar-refractivity contribution in [1.29, 1.82) is 0 Å². The number of aliphatic hydroxyl groups excluding tert-OH is 1. The average Bonchev–Trinajstić information content (AvgIpc) is 2.65. The molecule has 5 nitrogen and oxygen atoms in total. The molecule has 0 aliphatic carbocycles. The normalized spacial score (nSPS) is 12.8. The van der Waals surface area contributed by atoms with Gasteiger partial charge in [-0.1, -0.05) is 13.8 Å². The largest absolute Gasteiger partial charge is 0.390 e. The van der Waals surface area contributed by atoms with E-state index in [2.05, 4.69) is 24.1 Å². The molecule has 0 aromatic carbocycles. The van der Waals surface area contributed by atoms with Crippen LogP contribution >= 0.6 is 0 Å². The predicted octanol–water partition coefficient (Wildman–Crippen LogP) is 0.536. The monoisotopic (exact) mass is 225 g/mol. The Morgan fingerprint density at radius 3 is 2.75 bits per heavy atom. The Labute approximate surface area is 95.5 Å². The SMILES string of the molecule is CC(C)C(C)NC(=O)Cn1cnc(CO)c1. The van der Waals surface area contributed by atoms with Gasteiger partial charge in [-0.3, -0.25) is 4.79 Å². The maximum atomic E-state index is 11.6. The molecule has 1 atom stereocenters. The first kappa shape index (κ1) is 12.7. The summed E-state index contributed by atoms with van der Waals surface area (Å²) in [6, 6.07) is 0.160. The first-order valence-corrected chi connectivity index (χ1v) is 5.43. The summed E-state index contributed by atoms with van der Waals surface area (Å²) in [6.07, 6.45) is 3.21. The van der Waals surface area contributed by atoms with E-state index in [1.165, 1.54) is 0 Å². The van der Waals surface area contributed by atoms with Crippen LogP contribution in [-0.2, 0) is 17.9 Å². The number of nitrogens with zero attached hydrogens (tertiary/aromatic N) is 2. The molecule has 0 bridgehead atoms. The molecule has 90 valence electrons. The van der Waals surface area contributed by atoms with Crippen molar-refractivity contribution in [3.8, 4) is 0 Å². The summed E-state index contributed by atoms with van der Waals surface area (Å²) in [5.41, 5.74) is 0.574. The van der Waals surface area contributed by atoms with Crippen molar-refractivity contribution in [2.75, 3.05) is 0 Å². The van der Waals surface area contributed by atoms with E-state index in [-0.39, 0.29) is 25.1 Å². The van der Waals surface area contributed by atoms with Crippen LogP contribution in [0.3, 0.4) is 0 Å². The first-order chi connectivity index (χ1) is 7.52. The Bertz CT molecular complexity index is 347. The van der Waals surface area contributed by atoms with Crippen LogP contribution in [0.1, 0.15) is 26.5 Å². The van der Waals surface area contributed by atoms with Crippen LogP contribution in [0.4, 0.5) is 0 Å². The summed E-state index contributed by atoms with van der Waals surface area (Å²) in [5, 5.41) is 11.7. The van der Waals surface area contributed by atoms with Crippen molar-refractivity contribution in [1.82, 2.24) is 14.9 Å². The van der Waals surface area contributed by atoms with Crippen LogP contribution in [0.2, 0.25) is 0 Å². The number of carbonyl (C=O) groups is 1. The molecule has 2 N–H and O–H groups in total. The minimum absolute atomic E-state index is 0.0388. The van der Waals surface area contributed by atoms with Gasteiger partial charge in [-0.25, -0.2) is 4.98 Å². The van der Waals surface area contributed by atoms with Gasteiger partial charge in [-0.05, 0) is 12.8 Å². The van der Waals surface area contributed by atoms with E-state index in [1.807, 2.05) is 6.92 Å². The van der Waals surface area contributed by atoms with Crippen LogP contribution in [0.25, 0.3) is 0 Å². The van der Waals surface area contributed by atoms with Crippen molar-refractivity contribution >= 4 is 5.91 Å². The van der Waals surface area contributed by atoms with Crippen molar-refractivity contribution in [2.24, 2.45) is 5.92 Å². The summed E-state index contributed by atoms with van der Waals surface area (Å²) >= 11 is 0. The van der Waals surface area contributed by atoms with E-state index in [9.17, 15) is 4.79 Å². The number of nitrogens with one attached hydrogen (secondary N) is 1. The van der Waals surface area contributed by atoms with E-state index < -0.39 is 0 Å². The molecule has 0 saturated carbocycles. The molecule has 1 unspecified atom stereocenters. The van der Waals surface area contributed by atoms with Gasteiger partial charge in [-0.15, -0.1) is 0 Å². The smallest absolute Gasteiger partial charge is 0.240 e. The lowest BCUT2D eigenvalue weighted by Crippen LogP contribution is -2.37. The minimum Gasteiger partial charge on any atom is -0.390 e. The summed E-state index contributed by atoms with van der Waals surface area (Å²) < 4.78 is 1.66. The molecule has 0 aliphatic heterocycles. The van der Waals surface area contributed by atoms with Crippen molar-refractivity contribution in [2.45, 2.75) is 40.0 Å². The molecular formula is C11H19N3O2. The highest BCUT2D eigenvalue weighted by Gasteiger charge is 2.11. The lowest BCUT2D eigenvalue weighted by Gasteiger charge is -2.17. The zero-order chi connectivity index (χ0) is 12.1. The van der Waals surface area contributed by atoms with Gasteiger partial charge >= 0.3 is 0 Å². The topological polar surface area (TPSA) is 67.2 Å². The Kier molecular flexibility index (Phi) is 4.49. The third-order valence-electron chi connectivity index (χ3n) is 2.56. The third-order valence-corrected chi connectivity index (χ3v) is 2.56. The minimum atomic E-state index is -0.100. The highest BCUT2D eigenvalue weighted by Crippen LogP contribution is 2.00. The first-order valence-electron chi connectivity index (χ1n) is 5.43. The maximum absolute atomic E-state index is 11.6. The van der Waals surface area contributed by atoms with Crippen molar-refractivity contribution in [3.05, 3.63) is 18.2 Å².